The zero-order chi connectivity index (χ0) is 43.6. The fourth-order valence-electron chi connectivity index (χ4n) is 7.33. The van der Waals surface area contributed by atoms with Gasteiger partial charge in [-0.2, -0.15) is 25.3 Å². The van der Waals surface area contributed by atoms with Crippen LogP contribution in [0.15, 0.2) is 69.8 Å². The van der Waals surface area contributed by atoms with Gasteiger partial charge in [-0.05, 0) is 87.1 Å². The van der Waals surface area contributed by atoms with E-state index >= 15 is 0 Å². The van der Waals surface area contributed by atoms with Crippen molar-refractivity contribution in [1.82, 2.24) is 9.89 Å². The molecule has 324 valence electrons. The first-order chi connectivity index (χ1) is 27.7. The molecule has 4 rings (SSSR count). The van der Waals surface area contributed by atoms with Crippen LogP contribution < -0.4 is 20.1 Å². The number of methoxy groups -OCH3 is 1. The summed E-state index contributed by atoms with van der Waals surface area (Å²) in [5.74, 6) is -2.15. The van der Waals surface area contributed by atoms with Crippen molar-refractivity contribution in [2.75, 3.05) is 56.3 Å². The van der Waals surface area contributed by atoms with Crippen LogP contribution >= 0.6 is 0 Å². The summed E-state index contributed by atoms with van der Waals surface area (Å²) in [6.45, 7) is 5.09. The molecule has 1 aromatic carbocycles. The lowest BCUT2D eigenvalue weighted by atomic mass is 9.77. The molecule has 0 saturated heterocycles. The van der Waals surface area contributed by atoms with Gasteiger partial charge in [-0.15, -0.1) is 0 Å². The normalized spacial score (nSPS) is 17.2. The van der Waals surface area contributed by atoms with E-state index < -0.39 is 59.2 Å². The Bertz CT molecular complexity index is 2440. The Morgan fingerprint density at radius 2 is 1.66 bits per heavy atom. The number of nitrogens with one attached hydrogen (secondary N) is 1. The van der Waals surface area contributed by atoms with Gasteiger partial charge in [0.1, 0.15) is 13.1 Å². The maximum Gasteiger partial charge on any atom is 0.303 e. The second-order valence-electron chi connectivity index (χ2n) is 14.3. The number of unbranched alkanes of at least 4 members (excludes halogenated alkanes) is 2. The van der Waals surface area contributed by atoms with Crippen LogP contribution in [0.3, 0.4) is 0 Å². The average molecular weight is 883 g/mol. The lowest BCUT2D eigenvalue weighted by Gasteiger charge is -2.30. The molecule has 2 heterocycles. The molecule has 17 nitrogen and oxygen atoms in total. The number of rotatable bonds is 22. The smallest absolute Gasteiger partial charge is 0.303 e. The first-order valence-corrected chi connectivity index (χ1v) is 23.7. The molecule has 59 heavy (non-hydrogen) atoms. The molecule has 0 bridgehead atoms. The second kappa shape index (κ2) is 20.2. The van der Waals surface area contributed by atoms with Crippen LogP contribution in [0, 0.1) is 0 Å². The molecule has 0 fully saturated rings. The van der Waals surface area contributed by atoms with Crippen LogP contribution in [0.4, 0.5) is 5.69 Å². The van der Waals surface area contributed by atoms with Crippen LogP contribution in [-0.4, -0.2) is 107 Å². The van der Waals surface area contributed by atoms with Gasteiger partial charge in [0.25, 0.3) is 36.3 Å². The number of anilines is 1. The van der Waals surface area contributed by atoms with E-state index in [2.05, 4.69) is 5.32 Å². The molecule has 5 N–H and O–H groups in total. The molecule has 0 radical (unpaired) electrons. The monoisotopic (exact) mass is 882 g/mol. The van der Waals surface area contributed by atoms with E-state index in [0.717, 1.165) is 0 Å². The van der Waals surface area contributed by atoms with Gasteiger partial charge >= 0.3 is 5.97 Å². The van der Waals surface area contributed by atoms with E-state index in [0.29, 0.717) is 65.8 Å². The molecule has 1 atom stereocenters. The van der Waals surface area contributed by atoms with Crippen molar-refractivity contribution in [2.45, 2.75) is 69.1 Å². The number of allylic oxidation sites excluding steroid dienone is 3. The highest BCUT2D eigenvalue weighted by atomic mass is 32.2. The number of carbonyl (C=O) groups is 2. The summed E-state index contributed by atoms with van der Waals surface area (Å²) in [5.41, 5.74) is 2.12. The number of hydrogen-bond acceptors (Lipinski definition) is 11. The van der Waals surface area contributed by atoms with Gasteiger partial charge in [0.15, 0.2) is 11.3 Å². The van der Waals surface area contributed by atoms with Crippen LogP contribution in [0.5, 0.6) is 0 Å². The largest absolute Gasteiger partial charge is 0.481 e. The minimum atomic E-state index is -4.62. The SMILES string of the molecule is CC[N+](CCCS(=O)(=O)O)=c1ccc2c(C=CC=C3N(CCCCCC(=O)O)c4ccc(S(=O)(=O)O)cc4C3(C)CCCS(=O)(=O)O)ccoc-2c1C(=O)NCCOC. The van der Waals surface area contributed by atoms with Gasteiger partial charge in [0.05, 0.1) is 29.3 Å². The summed E-state index contributed by atoms with van der Waals surface area (Å²) in [6, 6.07) is 9.38. The molecule has 20 heteroatoms. The predicted octanol–water partition coefficient (Wildman–Crippen LogP) is 4.07. The van der Waals surface area contributed by atoms with Gasteiger partial charge in [-0.1, -0.05) is 18.6 Å². The topological polar surface area (TPSA) is 258 Å². The molecule has 1 aliphatic carbocycles. The number of carboxylic acid groups (broad SMARTS) is 1. The van der Waals surface area contributed by atoms with Crippen LogP contribution in [0.1, 0.15) is 80.3 Å². The lowest BCUT2D eigenvalue weighted by molar-refractivity contribution is -0.137. The number of ether oxygens (including phenoxy) is 1. The third-order valence-corrected chi connectivity index (χ3v) is 12.6. The van der Waals surface area contributed by atoms with Crippen molar-refractivity contribution in [3.8, 4) is 11.3 Å². The third-order valence-electron chi connectivity index (χ3n) is 10.1. The molecule has 0 spiro atoms. The predicted molar refractivity (Wildman–Crippen MR) is 221 cm³/mol. The Morgan fingerprint density at radius 3 is 2.31 bits per heavy atom. The fraction of sp³-hybridized carbons (Fsp3) is 0.462. The Kier molecular flexibility index (Phi) is 16.2. The van der Waals surface area contributed by atoms with Crippen molar-refractivity contribution in [3.05, 3.63) is 82.6 Å². The van der Waals surface area contributed by atoms with E-state index in [1.165, 1.54) is 25.5 Å². The summed E-state index contributed by atoms with van der Waals surface area (Å²) in [5, 5.41) is 12.4. The van der Waals surface area contributed by atoms with Crippen molar-refractivity contribution in [2.24, 2.45) is 0 Å². The minimum Gasteiger partial charge on any atom is -0.481 e. The molecule has 0 saturated carbocycles. The van der Waals surface area contributed by atoms with E-state index in [4.69, 9.17) is 14.3 Å². The number of aliphatic carboxylic acids is 1. The highest BCUT2D eigenvalue weighted by Crippen LogP contribution is 2.51. The molecule has 3 aliphatic rings. The summed E-state index contributed by atoms with van der Waals surface area (Å²) < 4.78 is 113. The fourth-order valence-corrected chi connectivity index (χ4v) is 8.84. The van der Waals surface area contributed by atoms with Crippen molar-refractivity contribution in [3.63, 3.8) is 0 Å². The van der Waals surface area contributed by atoms with Crippen molar-refractivity contribution < 1.29 is 62.8 Å². The Balaban J connectivity index is 1.86. The number of carbonyl (C=O) groups excluding carboxylic acids is 1. The lowest BCUT2D eigenvalue weighted by Crippen LogP contribution is -2.39. The molecule has 1 unspecified atom stereocenters. The van der Waals surface area contributed by atoms with Crippen molar-refractivity contribution in [1.29, 1.82) is 0 Å². The third kappa shape index (κ3) is 12.8. The zero-order valence-electron chi connectivity index (χ0n) is 33.2. The maximum atomic E-state index is 13.8. The van der Waals surface area contributed by atoms with Crippen molar-refractivity contribution >= 4 is 54.0 Å². The standard InChI is InChI=1S/C39H51N3O14S3/c1-4-41(21-10-26-58(49,50)51)33-17-15-30-28(18-23-56-37(30)36(33)38(45)40-20-24-55-3)11-8-12-34-39(2,19-9-25-57(46,47)48)31-27-29(59(52,53)54)14-16-32(31)42(34)22-7-5-6-13-35(43)44/h8,11-12,14-18,23,27H,4-7,9-10,13,19-22,24-26H2,1-3H3,(H4-,40,43,44,45,46,47,48,49,50,51,52,53,54)/p+1. The summed E-state index contributed by atoms with van der Waals surface area (Å²) >= 11 is 0. The first-order valence-electron chi connectivity index (χ1n) is 19.0. The molecular formula is C39H52N3O14S3+. The van der Waals surface area contributed by atoms with Gasteiger partial charge in [0.2, 0.25) is 5.36 Å². The molecule has 1 amide bonds. The highest BCUT2D eigenvalue weighted by Gasteiger charge is 2.43. The summed E-state index contributed by atoms with van der Waals surface area (Å²) in [4.78, 5) is 26.5. The van der Waals surface area contributed by atoms with Crippen LogP contribution in [0.25, 0.3) is 17.4 Å². The molecule has 1 aromatic rings. The van der Waals surface area contributed by atoms with E-state index in [9.17, 15) is 48.5 Å². The van der Waals surface area contributed by atoms with Gasteiger partial charge in [-0.3, -0.25) is 23.2 Å². The molecule has 0 aromatic heterocycles. The van der Waals surface area contributed by atoms with Crippen LogP contribution in [-0.2, 0) is 45.3 Å². The quantitative estimate of drug-likeness (QED) is 0.0542. The van der Waals surface area contributed by atoms with Gasteiger partial charge in [-0.25, -0.2) is 4.58 Å². The number of hydrogen-bond donors (Lipinski definition) is 5. The minimum absolute atomic E-state index is 0.00531. The Morgan fingerprint density at radius 1 is 0.949 bits per heavy atom. The number of carboxylic acids is 1. The zero-order valence-corrected chi connectivity index (χ0v) is 35.6. The van der Waals surface area contributed by atoms with Gasteiger partial charge in [0, 0.05) is 61.5 Å². The average Bonchev–Trinajstić information content (AvgIpc) is 3.37. The van der Waals surface area contributed by atoms with E-state index in [1.54, 1.807) is 42.5 Å². The molecule has 2 aliphatic heterocycles. The van der Waals surface area contributed by atoms with E-state index in [-0.39, 0.29) is 61.6 Å². The number of benzene rings is 2. The highest BCUT2D eigenvalue weighted by molar-refractivity contribution is 7.86. The number of fused-ring (bicyclic) bond motifs is 2. The number of nitrogens with zero attached hydrogens (tertiary/aromatic N) is 2. The second-order valence-corrected chi connectivity index (χ2v) is 18.9. The van der Waals surface area contributed by atoms with Gasteiger partial charge < -0.3 is 24.5 Å². The summed E-state index contributed by atoms with van der Waals surface area (Å²) in [6.07, 6.45) is 8.55. The van der Waals surface area contributed by atoms with E-state index in [1.807, 2.05) is 23.3 Å². The molecular weight excluding hydrogens is 831 g/mol. The van der Waals surface area contributed by atoms with Crippen LogP contribution in [0.2, 0.25) is 0 Å². The Hall–Kier alpha value is -4.44. The first kappa shape index (κ1) is 47.2. The Labute approximate surface area is 344 Å². The maximum absolute atomic E-state index is 13.8. The summed E-state index contributed by atoms with van der Waals surface area (Å²) in [7, 11) is -11.7. The number of amides is 1.